The number of rotatable bonds is 3. The van der Waals surface area contributed by atoms with Crippen LogP contribution in [0.15, 0.2) is 42.5 Å². The molecule has 2 aromatic carbocycles. The summed E-state index contributed by atoms with van der Waals surface area (Å²) < 4.78 is 26.4. The number of hydrogen-bond acceptors (Lipinski definition) is 1. The van der Waals surface area contributed by atoms with Gasteiger partial charge in [-0.25, -0.2) is 8.78 Å². The van der Waals surface area contributed by atoms with Crippen LogP contribution in [0.5, 0.6) is 0 Å². The lowest BCUT2D eigenvalue weighted by atomic mass is 9.99. The predicted molar refractivity (Wildman–Crippen MR) is 68.4 cm³/mol. The van der Waals surface area contributed by atoms with Gasteiger partial charge in [0.05, 0.1) is 0 Å². The molecule has 0 spiro atoms. The number of hydrogen-bond donors (Lipinski definition) is 1. The molecule has 1 nitrogen and oxygen atoms in total. The first-order valence-electron chi connectivity index (χ1n) is 5.52. The fourth-order valence-corrected chi connectivity index (χ4v) is 2.14. The molecule has 0 amide bonds. The van der Waals surface area contributed by atoms with Gasteiger partial charge >= 0.3 is 0 Å². The second-order valence-corrected chi connectivity index (χ2v) is 4.48. The van der Waals surface area contributed by atoms with E-state index < -0.39 is 11.9 Å². The van der Waals surface area contributed by atoms with Gasteiger partial charge in [0.15, 0.2) is 0 Å². The van der Waals surface area contributed by atoms with E-state index in [1.807, 2.05) is 0 Å². The van der Waals surface area contributed by atoms with Gasteiger partial charge in [-0.05, 0) is 36.2 Å². The van der Waals surface area contributed by atoms with Crippen molar-refractivity contribution >= 4 is 11.6 Å². The Balaban J connectivity index is 2.22. The van der Waals surface area contributed by atoms with Crippen LogP contribution in [0.25, 0.3) is 0 Å². The first-order valence-corrected chi connectivity index (χ1v) is 5.89. The summed E-state index contributed by atoms with van der Waals surface area (Å²) in [5.74, 6) is -0.728. The van der Waals surface area contributed by atoms with Crippen LogP contribution in [0.4, 0.5) is 8.78 Å². The lowest BCUT2D eigenvalue weighted by Crippen LogP contribution is -2.15. The van der Waals surface area contributed by atoms with Gasteiger partial charge in [-0.2, -0.15) is 0 Å². The third kappa shape index (κ3) is 2.86. The van der Waals surface area contributed by atoms with Crippen LogP contribution >= 0.6 is 11.6 Å². The average molecular weight is 268 g/mol. The van der Waals surface area contributed by atoms with E-state index in [0.29, 0.717) is 17.0 Å². The van der Waals surface area contributed by atoms with Crippen molar-refractivity contribution in [1.82, 2.24) is 0 Å². The maximum absolute atomic E-state index is 13.6. The summed E-state index contributed by atoms with van der Waals surface area (Å²) in [4.78, 5) is 0. The summed E-state index contributed by atoms with van der Waals surface area (Å²) in [5.41, 5.74) is 7.08. The standard InChI is InChI=1S/C14H12ClF2N/c15-11-2-1-3-12(17)14(11)13(18)8-9-4-6-10(16)7-5-9/h1-7,13H,8,18H2. The van der Waals surface area contributed by atoms with Gasteiger partial charge in [-0.3, -0.25) is 0 Å². The molecule has 0 aliphatic rings. The van der Waals surface area contributed by atoms with Crippen LogP contribution in [-0.2, 0) is 6.42 Å². The maximum atomic E-state index is 13.6. The lowest BCUT2D eigenvalue weighted by molar-refractivity contribution is 0.580. The first-order chi connectivity index (χ1) is 8.58. The van der Waals surface area contributed by atoms with Crippen molar-refractivity contribution in [1.29, 1.82) is 0 Å². The average Bonchev–Trinajstić information content (AvgIpc) is 2.32. The Morgan fingerprint density at radius 2 is 1.72 bits per heavy atom. The Hall–Kier alpha value is -1.45. The Labute approximate surface area is 109 Å². The van der Waals surface area contributed by atoms with Crippen molar-refractivity contribution in [2.75, 3.05) is 0 Å². The Kier molecular flexibility index (Phi) is 3.94. The number of benzene rings is 2. The van der Waals surface area contributed by atoms with E-state index in [1.165, 1.54) is 24.3 Å². The molecule has 0 aromatic heterocycles. The van der Waals surface area contributed by atoms with E-state index in [0.717, 1.165) is 5.56 Å². The van der Waals surface area contributed by atoms with Crippen molar-refractivity contribution in [3.05, 3.63) is 70.2 Å². The van der Waals surface area contributed by atoms with E-state index in [-0.39, 0.29) is 5.82 Å². The van der Waals surface area contributed by atoms with E-state index in [2.05, 4.69) is 0 Å². The summed E-state index contributed by atoms with van der Waals surface area (Å²) >= 11 is 5.94. The highest BCUT2D eigenvalue weighted by Gasteiger charge is 2.15. The molecule has 0 aliphatic carbocycles. The molecule has 1 atom stereocenters. The van der Waals surface area contributed by atoms with Gasteiger partial charge in [-0.1, -0.05) is 29.8 Å². The summed E-state index contributed by atoms with van der Waals surface area (Å²) in [5, 5.41) is 0.310. The molecule has 4 heteroatoms. The zero-order valence-corrected chi connectivity index (χ0v) is 10.3. The normalized spacial score (nSPS) is 12.4. The fraction of sp³-hybridized carbons (Fsp3) is 0.143. The maximum Gasteiger partial charge on any atom is 0.129 e. The van der Waals surface area contributed by atoms with E-state index in [9.17, 15) is 8.78 Å². The van der Waals surface area contributed by atoms with Crippen LogP contribution in [0.1, 0.15) is 17.2 Å². The fourth-order valence-electron chi connectivity index (χ4n) is 1.84. The molecular formula is C14H12ClF2N. The van der Waals surface area contributed by atoms with E-state index >= 15 is 0 Å². The van der Waals surface area contributed by atoms with Crippen molar-refractivity contribution in [2.45, 2.75) is 12.5 Å². The molecule has 0 fully saturated rings. The number of nitrogens with two attached hydrogens (primary N) is 1. The minimum atomic E-state index is -0.552. The Bertz CT molecular complexity index is 520. The third-order valence-electron chi connectivity index (χ3n) is 2.74. The van der Waals surface area contributed by atoms with Crippen LogP contribution < -0.4 is 5.73 Å². The van der Waals surface area contributed by atoms with Gasteiger partial charge in [0.1, 0.15) is 11.6 Å². The van der Waals surface area contributed by atoms with Crippen molar-refractivity contribution < 1.29 is 8.78 Å². The zero-order valence-electron chi connectivity index (χ0n) is 9.54. The highest BCUT2D eigenvalue weighted by atomic mass is 35.5. The van der Waals surface area contributed by atoms with Gasteiger partial charge in [-0.15, -0.1) is 0 Å². The molecule has 0 bridgehead atoms. The monoisotopic (exact) mass is 267 g/mol. The molecule has 18 heavy (non-hydrogen) atoms. The molecule has 0 aliphatic heterocycles. The second-order valence-electron chi connectivity index (χ2n) is 4.07. The van der Waals surface area contributed by atoms with Gasteiger partial charge in [0.2, 0.25) is 0 Å². The first kappa shape index (κ1) is 13.0. The van der Waals surface area contributed by atoms with Crippen LogP contribution in [0.3, 0.4) is 0 Å². The quantitative estimate of drug-likeness (QED) is 0.898. The Morgan fingerprint density at radius 1 is 1.06 bits per heavy atom. The highest BCUT2D eigenvalue weighted by Crippen LogP contribution is 2.26. The van der Waals surface area contributed by atoms with Crippen molar-refractivity contribution in [3.63, 3.8) is 0 Å². The van der Waals surface area contributed by atoms with E-state index in [4.69, 9.17) is 17.3 Å². The largest absolute Gasteiger partial charge is 0.324 e. The summed E-state index contributed by atoms with van der Waals surface area (Å²) in [6.45, 7) is 0. The van der Waals surface area contributed by atoms with Crippen LogP contribution in [0.2, 0.25) is 5.02 Å². The molecule has 0 heterocycles. The summed E-state index contributed by atoms with van der Waals surface area (Å²) in [6.07, 6.45) is 0.404. The molecule has 0 saturated carbocycles. The molecule has 2 rings (SSSR count). The molecule has 1 unspecified atom stereocenters. The van der Waals surface area contributed by atoms with Crippen LogP contribution in [0, 0.1) is 11.6 Å². The highest BCUT2D eigenvalue weighted by molar-refractivity contribution is 6.31. The van der Waals surface area contributed by atoms with Gasteiger partial charge in [0, 0.05) is 16.6 Å². The topological polar surface area (TPSA) is 26.0 Å². The van der Waals surface area contributed by atoms with Gasteiger partial charge in [0.25, 0.3) is 0 Å². The predicted octanol–water partition coefficient (Wildman–Crippen LogP) is 3.86. The molecule has 94 valence electrons. The zero-order chi connectivity index (χ0) is 13.1. The van der Waals surface area contributed by atoms with Crippen molar-refractivity contribution in [3.8, 4) is 0 Å². The molecule has 0 saturated heterocycles. The van der Waals surface area contributed by atoms with Gasteiger partial charge < -0.3 is 5.73 Å². The second kappa shape index (κ2) is 5.46. The molecule has 0 radical (unpaired) electrons. The van der Waals surface area contributed by atoms with Crippen LogP contribution in [-0.4, -0.2) is 0 Å². The summed E-state index contributed by atoms with van der Waals surface area (Å²) in [6, 6.07) is 9.87. The smallest absolute Gasteiger partial charge is 0.129 e. The Morgan fingerprint density at radius 3 is 2.33 bits per heavy atom. The third-order valence-corrected chi connectivity index (χ3v) is 3.07. The SMILES string of the molecule is NC(Cc1ccc(F)cc1)c1c(F)cccc1Cl. The molecular weight excluding hydrogens is 256 g/mol. The summed E-state index contributed by atoms with van der Waals surface area (Å²) in [7, 11) is 0. The molecule has 2 aromatic rings. The number of halogens is 3. The van der Waals surface area contributed by atoms with E-state index in [1.54, 1.807) is 18.2 Å². The van der Waals surface area contributed by atoms with Crippen molar-refractivity contribution in [2.24, 2.45) is 5.73 Å². The molecule has 2 N–H and O–H groups in total. The minimum absolute atomic E-state index is 0.295. The minimum Gasteiger partial charge on any atom is -0.324 e. The lowest BCUT2D eigenvalue weighted by Gasteiger charge is -2.14.